The number of rotatable bonds is 11. The molecule has 0 fully saturated rings. The van der Waals surface area contributed by atoms with Gasteiger partial charge in [0.25, 0.3) is 0 Å². The lowest BCUT2D eigenvalue weighted by atomic mass is 9.78. The molecule has 0 bridgehead atoms. The number of hydrogen-bond acceptors (Lipinski definition) is 6. The van der Waals surface area contributed by atoms with Crippen molar-refractivity contribution in [2.45, 2.75) is 137 Å². The average molecular weight is 624 g/mol. The van der Waals surface area contributed by atoms with Gasteiger partial charge in [-0.15, -0.1) is 0 Å². The first-order chi connectivity index (χ1) is 20.4. The summed E-state index contributed by atoms with van der Waals surface area (Å²) >= 11 is 0. The molecule has 45 heavy (non-hydrogen) atoms. The zero-order valence-corrected chi connectivity index (χ0v) is 30.1. The van der Waals surface area contributed by atoms with Crippen molar-refractivity contribution in [1.29, 1.82) is 0 Å². The fourth-order valence-corrected chi connectivity index (χ4v) is 5.24. The van der Waals surface area contributed by atoms with Crippen LogP contribution >= 0.6 is 0 Å². The van der Waals surface area contributed by atoms with Crippen molar-refractivity contribution in [3.63, 3.8) is 0 Å². The van der Waals surface area contributed by atoms with E-state index in [4.69, 9.17) is 9.47 Å². The number of carbonyl (C=O) groups is 2. The van der Waals surface area contributed by atoms with Crippen LogP contribution in [0.4, 0.5) is 0 Å². The number of ether oxygens (including phenoxy) is 2. The zero-order chi connectivity index (χ0) is 34.5. The number of benzene rings is 2. The van der Waals surface area contributed by atoms with Crippen molar-refractivity contribution in [3.8, 4) is 11.5 Å². The first kappa shape index (κ1) is 38.2. The van der Waals surface area contributed by atoms with E-state index in [9.17, 15) is 19.8 Å². The van der Waals surface area contributed by atoms with Gasteiger partial charge in [-0.2, -0.15) is 0 Å². The Balaban J connectivity index is 1.95. The summed E-state index contributed by atoms with van der Waals surface area (Å²) in [5.74, 6) is -0.193. The fraction of sp³-hybridized carbons (Fsp3) is 0.615. The predicted octanol–water partition coefficient (Wildman–Crippen LogP) is 8.78. The van der Waals surface area contributed by atoms with E-state index in [1.54, 1.807) is 0 Å². The molecule has 251 valence electrons. The van der Waals surface area contributed by atoms with Crippen LogP contribution in [0.5, 0.6) is 11.5 Å². The number of phenolic OH excluding ortho intramolecular Hbond substituents is 2. The van der Waals surface area contributed by atoms with Gasteiger partial charge in [0.15, 0.2) is 0 Å². The molecule has 2 rings (SSSR count). The van der Waals surface area contributed by atoms with Gasteiger partial charge in [-0.05, 0) is 74.3 Å². The highest BCUT2D eigenvalue weighted by molar-refractivity contribution is 5.70. The molecular weight excluding hydrogens is 564 g/mol. The maximum absolute atomic E-state index is 12.7. The van der Waals surface area contributed by atoms with E-state index in [0.29, 0.717) is 30.8 Å². The summed E-state index contributed by atoms with van der Waals surface area (Å²) in [5.41, 5.74) is 4.47. The first-order valence-corrected chi connectivity index (χ1v) is 16.3. The molecule has 6 heteroatoms. The molecule has 2 aromatic carbocycles. The van der Waals surface area contributed by atoms with E-state index in [1.165, 1.54) is 0 Å². The van der Waals surface area contributed by atoms with Crippen molar-refractivity contribution in [1.82, 2.24) is 0 Å². The monoisotopic (exact) mass is 623 g/mol. The third-order valence-electron chi connectivity index (χ3n) is 8.18. The molecule has 0 aliphatic carbocycles. The highest BCUT2D eigenvalue weighted by atomic mass is 16.5. The van der Waals surface area contributed by atoms with Crippen molar-refractivity contribution in [2.75, 3.05) is 13.2 Å². The summed E-state index contributed by atoms with van der Waals surface area (Å²) in [6, 6.07) is 7.95. The molecule has 6 nitrogen and oxygen atoms in total. The van der Waals surface area contributed by atoms with Crippen molar-refractivity contribution in [2.24, 2.45) is 5.92 Å². The van der Waals surface area contributed by atoms with E-state index in [1.807, 2.05) is 24.3 Å². The second-order valence-corrected chi connectivity index (χ2v) is 16.6. The molecule has 1 radical (unpaired) electrons. The second kappa shape index (κ2) is 14.6. The number of aryl methyl sites for hydroxylation is 2. The smallest absolute Gasteiger partial charge is 0.306 e. The highest BCUT2D eigenvalue weighted by Crippen LogP contribution is 2.41. The third-order valence-corrected chi connectivity index (χ3v) is 8.18. The zero-order valence-electron chi connectivity index (χ0n) is 30.1. The number of aromatic hydroxyl groups is 2. The number of phenols is 2. The van der Waals surface area contributed by atoms with Gasteiger partial charge >= 0.3 is 11.9 Å². The Bertz CT molecular complexity index is 1150. The van der Waals surface area contributed by atoms with Crippen LogP contribution in [0.25, 0.3) is 0 Å². The quantitative estimate of drug-likeness (QED) is 0.243. The summed E-state index contributed by atoms with van der Waals surface area (Å²) in [7, 11) is 0. The van der Waals surface area contributed by atoms with Gasteiger partial charge in [0.1, 0.15) is 11.5 Å². The topological polar surface area (TPSA) is 93.1 Å². The number of esters is 2. The van der Waals surface area contributed by atoms with Crippen LogP contribution in [-0.4, -0.2) is 35.4 Å². The van der Waals surface area contributed by atoms with Gasteiger partial charge < -0.3 is 19.7 Å². The lowest BCUT2D eigenvalue weighted by Crippen LogP contribution is -2.21. The molecular formula is C39H59O6. The molecule has 0 aliphatic heterocycles. The molecule has 2 aromatic rings. The molecule has 0 atom stereocenters. The summed E-state index contributed by atoms with van der Waals surface area (Å²) in [4.78, 5) is 25.3. The SMILES string of the molecule is [CH2]CC(COC(=O)CCc1cc(C(C)(C)C)c(O)c(C(C)(C)C)c1)COC(=O)CCc1cc(C(C)(C)C)c(O)c(C(C)(C)C)c1. The molecule has 0 aromatic heterocycles. The van der Waals surface area contributed by atoms with E-state index >= 15 is 0 Å². The molecule has 0 saturated heterocycles. The van der Waals surface area contributed by atoms with Crippen LogP contribution in [0.15, 0.2) is 24.3 Å². The summed E-state index contributed by atoms with van der Waals surface area (Å²) in [6.45, 7) is 29.0. The molecule has 0 amide bonds. The maximum atomic E-state index is 12.7. The van der Waals surface area contributed by atoms with Gasteiger partial charge in [0, 0.05) is 18.8 Å². The largest absolute Gasteiger partial charge is 0.507 e. The molecule has 0 aliphatic rings. The van der Waals surface area contributed by atoms with Gasteiger partial charge in [-0.1, -0.05) is 114 Å². The van der Waals surface area contributed by atoms with E-state index in [-0.39, 0.29) is 65.6 Å². The minimum absolute atomic E-state index is 0.132. The van der Waals surface area contributed by atoms with E-state index in [0.717, 1.165) is 33.4 Å². The van der Waals surface area contributed by atoms with Crippen molar-refractivity contribution in [3.05, 3.63) is 64.6 Å². The Labute approximate surface area is 272 Å². The molecule has 0 spiro atoms. The minimum atomic E-state index is -0.320. The Hall–Kier alpha value is -3.02. The van der Waals surface area contributed by atoms with Crippen LogP contribution in [0.2, 0.25) is 0 Å². The van der Waals surface area contributed by atoms with E-state index < -0.39 is 0 Å². The fourth-order valence-electron chi connectivity index (χ4n) is 5.24. The van der Waals surface area contributed by atoms with Gasteiger partial charge in [0.2, 0.25) is 0 Å². The van der Waals surface area contributed by atoms with Crippen LogP contribution < -0.4 is 0 Å². The summed E-state index contributed by atoms with van der Waals surface area (Å²) < 4.78 is 11.1. The highest BCUT2D eigenvalue weighted by Gasteiger charge is 2.28. The van der Waals surface area contributed by atoms with Gasteiger partial charge in [-0.25, -0.2) is 0 Å². The van der Waals surface area contributed by atoms with Crippen LogP contribution in [0.1, 0.15) is 136 Å². The predicted molar refractivity (Wildman–Crippen MR) is 183 cm³/mol. The maximum Gasteiger partial charge on any atom is 0.306 e. The lowest BCUT2D eigenvalue weighted by Gasteiger charge is -2.28. The Morgan fingerprint density at radius 1 is 0.600 bits per heavy atom. The molecule has 0 heterocycles. The van der Waals surface area contributed by atoms with Crippen LogP contribution in [0.3, 0.4) is 0 Å². The Kier molecular flexibility index (Phi) is 12.4. The van der Waals surface area contributed by atoms with Crippen LogP contribution in [-0.2, 0) is 53.6 Å². The lowest BCUT2D eigenvalue weighted by molar-refractivity contribution is -0.148. The number of hydrogen-bond donors (Lipinski definition) is 2. The standard InChI is InChI=1S/C39H59O6/c1-14-25(23-44-32(40)17-15-26-19-28(36(2,3)4)34(42)29(20-26)37(5,6)7)24-45-33(41)18-16-27-21-30(38(8,9)10)35(43)31(22-27)39(11,12)13/h19-22,25,42-43H,1,14-18,23-24H2,2-13H3. The van der Waals surface area contributed by atoms with Crippen molar-refractivity contribution >= 4 is 11.9 Å². The summed E-state index contributed by atoms with van der Waals surface area (Å²) in [6.07, 6.45) is 1.88. The van der Waals surface area contributed by atoms with Gasteiger partial charge in [0.05, 0.1) is 13.2 Å². The Morgan fingerprint density at radius 3 is 1.09 bits per heavy atom. The van der Waals surface area contributed by atoms with Crippen molar-refractivity contribution < 1.29 is 29.3 Å². The molecule has 2 N–H and O–H groups in total. The Morgan fingerprint density at radius 2 is 0.867 bits per heavy atom. The number of carbonyl (C=O) groups excluding carboxylic acids is 2. The second-order valence-electron chi connectivity index (χ2n) is 16.6. The van der Waals surface area contributed by atoms with Gasteiger partial charge in [-0.3, -0.25) is 9.59 Å². The molecule has 0 unspecified atom stereocenters. The normalized spacial score (nSPS) is 12.8. The minimum Gasteiger partial charge on any atom is -0.507 e. The summed E-state index contributed by atoms with van der Waals surface area (Å²) in [5, 5.41) is 21.9. The average Bonchev–Trinajstić information content (AvgIpc) is 2.89. The third kappa shape index (κ3) is 11.1. The van der Waals surface area contributed by atoms with Crippen LogP contribution in [0, 0.1) is 12.8 Å². The first-order valence-electron chi connectivity index (χ1n) is 16.3. The molecule has 0 saturated carbocycles. The van der Waals surface area contributed by atoms with E-state index in [2.05, 4.69) is 90.0 Å².